The van der Waals surface area contributed by atoms with Crippen LogP contribution in [0.1, 0.15) is 18.4 Å². The van der Waals surface area contributed by atoms with Gasteiger partial charge < -0.3 is 15.7 Å². The molecule has 0 spiro atoms. The number of amides is 1. The topological polar surface area (TPSA) is 86.9 Å². The maximum Gasteiger partial charge on any atom is 0.320 e. The average Bonchev–Trinajstić information content (AvgIpc) is 2.54. The Balaban J connectivity index is 1.72. The molecule has 1 heterocycles. The molecule has 2 rings (SSSR count). The summed E-state index contributed by atoms with van der Waals surface area (Å²) in [6.45, 7) is 3.95. The molecule has 3 N–H and O–H groups in total. The highest BCUT2D eigenvalue weighted by atomic mass is 16.4. The van der Waals surface area contributed by atoms with E-state index < -0.39 is 12.0 Å². The van der Waals surface area contributed by atoms with E-state index in [2.05, 4.69) is 17.0 Å². The van der Waals surface area contributed by atoms with Crippen LogP contribution in [0.2, 0.25) is 0 Å². The van der Waals surface area contributed by atoms with Gasteiger partial charge in [-0.1, -0.05) is 30.3 Å². The molecule has 1 saturated heterocycles. The molecule has 6 heteroatoms. The number of nitrogens with zero attached hydrogens (tertiary/aromatic N) is 2. The van der Waals surface area contributed by atoms with E-state index in [0.717, 1.165) is 19.6 Å². The summed E-state index contributed by atoms with van der Waals surface area (Å²) in [5.74, 6) is -1.06. The van der Waals surface area contributed by atoms with E-state index in [4.69, 9.17) is 10.8 Å². The number of nitrogens with two attached hydrogens (primary N) is 1. The van der Waals surface area contributed by atoms with Crippen molar-refractivity contribution in [1.82, 2.24) is 9.80 Å². The third kappa shape index (κ3) is 4.82. The minimum absolute atomic E-state index is 0.00365. The zero-order valence-corrected chi connectivity index (χ0v) is 12.6. The van der Waals surface area contributed by atoms with E-state index in [1.54, 1.807) is 4.90 Å². The molecule has 1 aromatic carbocycles. The maximum atomic E-state index is 12.0. The van der Waals surface area contributed by atoms with Crippen LogP contribution in [0.4, 0.5) is 0 Å². The fraction of sp³-hybridized carbons (Fsp3) is 0.500. The van der Waals surface area contributed by atoms with Crippen LogP contribution < -0.4 is 5.73 Å². The molecular formula is C16H23N3O3. The molecule has 0 bridgehead atoms. The average molecular weight is 305 g/mol. The molecule has 1 aromatic rings. The minimum Gasteiger partial charge on any atom is -0.480 e. The number of rotatable bonds is 6. The zero-order valence-electron chi connectivity index (χ0n) is 12.6. The molecule has 1 fully saturated rings. The van der Waals surface area contributed by atoms with Crippen molar-refractivity contribution in [3.05, 3.63) is 35.9 Å². The minimum atomic E-state index is -1.06. The Morgan fingerprint density at radius 2 is 1.77 bits per heavy atom. The van der Waals surface area contributed by atoms with Gasteiger partial charge in [0.2, 0.25) is 5.91 Å². The lowest BCUT2D eigenvalue weighted by atomic mass is 10.1. The van der Waals surface area contributed by atoms with Crippen LogP contribution in [0.3, 0.4) is 0 Å². The van der Waals surface area contributed by atoms with Gasteiger partial charge in [0.05, 0.1) is 0 Å². The van der Waals surface area contributed by atoms with Crippen LogP contribution in [-0.4, -0.2) is 59.0 Å². The molecule has 0 aliphatic carbocycles. The Bertz CT molecular complexity index is 499. The number of aliphatic carboxylic acids is 1. The van der Waals surface area contributed by atoms with Gasteiger partial charge in [-0.15, -0.1) is 0 Å². The van der Waals surface area contributed by atoms with Crippen molar-refractivity contribution in [3.63, 3.8) is 0 Å². The first kappa shape index (κ1) is 16.5. The zero-order chi connectivity index (χ0) is 15.9. The second-order valence-corrected chi connectivity index (χ2v) is 5.63. The SMILES string of the molecule is NC(CCC(=O)N1CCN(Cc2ccccc2)CC1)C(=O)O. The molecule has 1 aliphatic heterocycles. The van der Waals surface area contributed by atoms with Crippen molar-refractivity contribution >= 4 is 11.9 Å². The molecule has 6 nitrogen and oxygen atoms in total. The first-order valence-corrected chi connectivity index (χ1v) is 7.58. The number of hydrogen-bond acceptors (Lipinski definition) is 4. The molecule has 0 radical (unpaired) electrons. The highest BCUT2D eigenvalue weighted by Crippen LogP contribution is 2.10. The summed E-state index contributed by atoms with van der Waals surface area (Å²) >= 11 is 0. The summed E-state index contributed by atoms with van der Waals surface area (Å²) in [6, 6.07) is 9.31. The Morgan fingerprint density at radius 1 is 1.14 bits per heavy atom. The number of carbonyl (C=O) groups excluding carboxylic acids is 1. The fourth-order valence-electron chi connectivity index (χ4n) is 2.56. The summed E-state index contributed by atoms with van der Waals surface area (Å²) in [7, 11) is 0. The lowest BCUT2D eigenvalue weighted by molar-refractivity contribution is -0.139. The fourth-order valence-corrected chi connectivity index (χ4v) is 2.56. The molecule has 1 atom stereocenters. The van der Waals surface area contributed by atoms with Crippen molar-refractivity contribution in [2.24, 2.45) is 5.73 Å². The number of hydrogen-bond donors (Lipinski definition) is 2. The van der Waals surface area contributed by atoms with Crippen LogP contribution in [0.5, 0.6) is 0 Å². The molecule has 1 unspecified atom stereocenters. The van der Waals surface area contributed by atoms with E-state index in [1.807, 2.05) is 18.2 Å². The van der Waals surface area contributed by atoms with E-state index in [0.29, 0.717) is 13.1 Å². The van der Waals surface area contributed by atoms with Crippen LogP contribution in [-0.2, 0) is 16.1 Å². The van der Waals surface area contributed by atoms with Gasteiger partial charge in [0.1, 0.15) is 6.04 Å². The first-order valence-electron chi connectivity index (χ1n) is 7.58. The van der Waals surface area contributed by atoms with Gasteiger partial charge in [-0.25, -0.2) is 0 Å². The molecular weight excluding hydrogens is 282 g/mol. The van der Waals surface area contributed by atoms with Gasteiger partial charge in [0, 0.05) is 39.1 Å². The Morgan fingerprint density at radius 3 is 2.36 bits per heavy atom. The van der Waals surface area contributed by atoms with Crippen molar-refractivity contribution in [3.8, 4) is 0 Å². The van der Waals surface area contributed by atoms with Crippen LogP contribution in [0.15, 0.2) is 30.3 Å². The predicted octanol–water partition coefficient (Wildman–Crippen LogP) is 0.523. The normalized spacial score (nSPS) is 17.2. The molecule has 0 aromatic heterocycles. The van der Waals surface area contributed by atoms with E-state index >= 15 is 0 Å². The molecule has 1 amide bonds. The van der Waals surface area contributed by atoms with Gasteiger partial charge >= 0.3 is 5.97 Å². The van der Waals surface area contributed by atoms with Crippen molar-refractivity contribution < 1.29 is 14.7 Å². The van der Waals surface area contributed by atoms with Crippen LogP contribution >= 0.6 is 0 Å². The van der Waals surface area contributed by atoms with E-state index in [1.165, 1.54) is 5.56 Å². The highest BCUT2D eigenvalue weighted by molar-refractivity contribution is 5.78. The van der Waals surface area contributed by atoms with Gasteiger partial charge in [0.25, 0.3) is 0 Å². The smallest absolute Gasteiger partial charge is 0.320 e. The lowest BCUT2D eigenvalue weighted by Crippen LogP contribution is -2.48. The monoisotopic (exact) mass is 305 g/mol. The van der Waals surface area contributed by atoms with E-state index in [-0.39, 0.29) is 18.7 Å². The summed E-state index contributed by atoms with van der Waals surface area (Å²) in [4.78, 5) is 26.8. The number of carboxylic acids is 1. The summed E-state index contributed by atoms with van der Waals surface area (Å²) < 4.78 is 0. The van der Waals surface area contributed by atoms with Crippen LogP contribution in [0, 0.1) is 0 Å². The first-order chi connectivity index (χ1) is 10.6. The van der Waals surface area contributed by atoms with Crippen LogP contribution in [0.25, 0.3) is 0 Å². The standard InChI is InChI=1S/C16H23N3O3/c17-14(16(21)22)6-7-15(20)19-10-8-18(9-11-19)12-13-4-2-1-3-5-13/h1-5,14H,6-12,17H2,(H,21,22). The largest absolute Gasteiger partial charge is 0.480 e. The Hall–Kier alpha value is -1.92. The van der Waals surface area contributed by atoms with Crippen molar-refractivity contribution in [2.45, 2.75) is 25.4 Å². The van der Waals surface area contributed by atoms with Gasteiger partial charge in [-0.3, -0.25) is 14.5 Å². The summed E-state index contributed by atoms with van der Waals surface area (Å²) in [6.07, 6.45) is 0.393. The van der Waals surface area contributed by atoms with Gasteiger partial charge in [0.15, 0.2) is 0 Å². The molecule has 0 saturated carbocycles. The summed E-state index contributed by atoms with van der Waals surface area (Å²) in [5, 5.41) is 8.72. The molecule has 1 aliphatic rings. The highest BCUT2D eigenvalue weighted by Gasteiger charge is 2.22. The number of carbonyl (C=O) groups is 2. The number of carboxylic acid groups (broad SMARTS) is 1. The second-order valence-electron chi connectivity index (χ2n) is 5.63. The second kappa shape index (κ2) is 7.91. The maximum absolute atomic E-state index is 12.0. The summed E-state index contributed by atoms with van der Waals surface area (Å²) in [5.41, 5.74) is 6.70. The quantitative estimate of drug-likeness (QED) is 0.800. The van der Waals surface area contributed by atoms with Gasteiger partial charge in [-0.05, 0) is 12.0 Å². The van der Waals surface area contributed by atoms with Crippen molar-refractivity contribution in [2.75, 3.05) is 26.2 Å². The van der Waals surface area contributed by atoms with Crippen molar-refractivity contribution in [1.29, 1.82) is 0 Å². The van der Waals surface area contributed by atoms with E-state index in [9.17, 15) is 9.59 Å². The third-order valence-electron chi connectivity index (χ3n) is 3.96. The molecule has 120 valence electrons. The number of piperazine rings is 1. The molecule has 22 heavy (non-hydrogen) atoms. The predicted molar refractivity (Wildman–Crippen MR) is 83.1 cm³/mol. The van der Waals surface area contributed by atoms with Gasteiger partial charge in [-0.2, -0.15) is 0 Å². The lowest BCUT2D eigenvalue weighted by Gasteiger charge is -2.35. The number of benzene rings is 1. The third-order valence-corrected chi connectivity index (χ3v) is 3.96. The Kier molecular flexibility index (Phi) is 5.91. The Labute approximate surface area is 130 Å².